The highest BCUT2D eigenvalue weighted by molar-refractivity contribution is 6.05. The molecule has 0 aromatic heterocycles. The minimum atomic E-state index is -0.450. The average Bonchev–Trinajstić information content (AvgIpc) is 2.61. The normalized spacial score (nSPS) is 10.4. The van der Waals surface area contributed by atoms with Gasteiger partial charge in [0.1, 0.15) is 5.75 Å². The summed E-state index contributed by atoms with van der Waals surface area (Å²) in [7, 11) is 0. The third-order valence-corrected chi connectivity index (χ3v) is 3.27. The largest absolute Gasteiger partial charge is 0.427 e. The molecule has 6 heteroatoms. The maximum absolute atomic E-state index is 12.3. The van der Waals surface area contributed by atoms with E-state index in [1.54, 1.807) is 48.5 Å². The molecule has 0 unspecified atom stereocenters. The van der Waals surface area contributed by atoms with E-state index in [4.69, 9.17) is 4.74 Å². The fourth-order valence-electron chi connectivity index (χ4n) is 2.12. The predicted octanol–water partition coefficient (Wildman–Crippen LogP) is 3.77. The average molecular weight is 352 g/mol. The molecule has 0 aliphatic carbocycles. The monoisotopic (exact) mass is 352 g/mol. The van der Waals surface area contributed by atoms with Gasteiger partial charge in [0.15, 0.2) is 0 Å². The molecule has 0 aliphatic rings. The lowest BCUT2D eigenvalue weighted by molar-refractivity contribution is -0.131. The van der Waals surface area contributed by atoms with Crippen LogP contribution in [-0.4, -0.2) is 17.8 Å². The first-order chi connectivity index (χ1) is 12.5. The number of hydrogen-bond donors (Lipinski definition) is 2. The molecule has 0 spiro atoms. The number of hydrogen-bond acceptors (Lipinski definition) is 4. The number of rotatable bonds is 6. The molecule has 134 valence electrons. The van der Waals surface area contributed by atoms with Crippen molar-refractivity contribution in [1.82, 2.24) is 0 Å². The van der Waals surface area contributed by atoms with Gasteiger partial charge in [-0.3, -0.25) is 14.4 Å². The molecule has 0 saturated heterocycles. The van der Waals surface area contributed by atoms with Gasteiger partial charge in [-0.2, -0.15) is 0 Å². The second-order valence-corrected chi connectivity index (χ2v) is 5.45. The van der Waals surface area contributed by atoms with Crippen LogP contribution in [0, 0.1) is 0 Å². The molecular weight excluding hydrogens is 332 g/mol. The van der Waals surface area contributed by atoms with Crippen LogP contribution in [0.15, 0.2) is 60.7 Å². The van der Waals surface area contributed by atoms with E-state index in [9.17, 15) is 14.4 Å². The molecule has 0 radical (unpaired) electrons. The van der Waals surface area contributed by atoms with Crippen molar-refractivity contribution in [2.45, 2.75) is 20.3 Å². The van der Waals surface area contributed by atoms with Crippen LogP contribution in [0.25, 0.3) is 0 Å². The first-order valence-electron chi connectivity index (χ1n) is 8.15. The fourth-order valence-corrected chi connectivity index (χ4v) is 2.12. The van der Waals surface area contributed by atoms with Gasteiger partial charge in [-0.15, -0.1) is 0 Å². The Morgan fingerprint density at radius 3 is 2.27 bits per heavy atom. The van der Waals surface area contributed by atoms with Crippen molar-refractivity contribution in [2.24, 2.45) is 0 Å². The highest BCUT2D eigenvalue weighted by Crippen LogP contribution is 2.17. The Bertz CT molecular complexity index is 826. The lowest BCUT2D eigenvalue weighted by Crippen LogP contribution is -2.12. The van der Waals surface area contributed by atoms with Gasteiger partial charge in [-0.05, 0) is 55.0 Å². The van der Waals surface area contributed by atoms with Crippen LogP contribution < -0.4 is 15.4 Å². The smallest absolute Gasteiger partial charge is 0.308 e. The molecule has 2 amide bonds. The van der Waals surface area contributed by atoms with E-state index in [2.05, 4.69) is 10.6 Å². The summed E-state index contributed by atoms with van der Waals surface area (Å²) in [5.41, 5.74) is 1.58. The molecule has 6 nitrogen and oxygen atoms in total. The molecule has 0 atom stereocenters. The van der Waals surface area contributed by atoms with Crippen molar-refractivity contribution in [3.05, 3.63) is 66.2 Å². The molecule has 0 heterocycles. The number of anilines is 2. The van der Waals surface area contributed by atoms with E-state index in [0.29, 0.717) is 22.7 Å². The van der Waals surface area contributed by atoms with E-state index in [0.717, 1.165) is 6.42 Å². The van der Waals surface area contributed by atoms with Gasteiger partial charge in [-0.25, -0.2) is 0 Å². The number of benzene rings is 2. The summed E-state index contributed by atoms with van der Waals surface area (Å²) in [6.07, 6.45) is 4.04. The van der Waals surface area contributed by atoms with Crippen molar-refractivity contribution < 1.29 is 19.1 Å². The molecule has 26 heavy (non-hydrogen) atoms. The zero-order valence-electron chi connectivity index (χ0n) is 14.6. The Morgan fingerprint density at radius 2 is 1.65 bits per heavy atom. The Morgan fingerprint density at radius 1 is 1.00 bits per heavy atom. The van der Waals surface area contributed by atoms with E-state index < -0.39 is 5.97 Å². The lowest BCUT2D eigenvalue weighted by Gasteiger charge is -2.08. The topological polar surface area (TPSA) is 84.5 Å². The van der Waals surface area contributed by atoms with Gasteiger partial charge in [0.2, 0.25) is 5.91 Å². The first kappa shape index (κ1) is 18.9. The Kier molecular flexibility index (Phi) is 6.68. The number of esters is 1. The molecule has 2 rings (SSSR count). The molecule has 0 bridgehead atoms. The van der Waals surface area contributed by atoms with E-state index in [1.165, 1.54) is 19.1 Å². The van der Waals surface area contributed by atoms with Crippen LogP contribution >= 0.6 is 0 Å². The van der Waals surface area contributed by atoms with E-state index >= 15 is 0 Å². The SMILES string of the molecule is CC/C=C/C(=O)Nc1ccc(NC(=O)c2cccc(OC(C)=O)c2)cc1. The lowest BCUT2D eigenvalue weighted by atomic mass is 10.2. The number of carbonyl (C=O) groups is 3. The molecule has 0 fully saturated rings. The molecule has 0 aliphatic heterocycles. The van der Waals surface area contributed by atoms with Crippen LogP contribution in [-0.2, 0) is 9.59 Å². The van der Waals surface area contributed by atoms with Gasteiger partial charge < -0.3 is 15.4 Å². The molecule has 2 aromatic carbocycles. The van der Waals surface area contributed by atoms with Crippen LogP contribution in [0.5, 0.6) is 5.75 Å². The molecule has 2 aromatic rings. The van der Waals surface area contributed by atoms with Crippen molar-refractivity contribution in [2.75, 3.05) is 10.6 Å². The van der Waals surface area contributed by atoms with Crippen LogP contribution in [0.4, 0.5) is 11.4 Å². The Balaban J connectivity index is 2.00. The summed E-state index contributed by atoms with van der Waals surface area (Å²) in [5.74, 6) is -0.676. The minimum Gasteiger partial charge on any atom is -0.427 e. The van der Waals surface area contributed by atoms with Gasteiger partial charge in [0.25, 0.3) is 5.91 Å². The zero-order chi connectivity index (χ0) is 18.9. The second-order valence-electron chi connectivity index (χ2n) is 5.45. The fraction of sp³-hybridized carbons (Fsp3) is 0.150. The van der Waals surface area contributed by atoms with Crippen molar-refractivity contribution in [3.63, 3.8) is 0 Å². The predicted molar refractivity (Wildman–Crippen MR) is 100 cm³/mol. The van der Waals surface area contributed by atoms with Crippen LogP contribution in [0.2, 0.25) is 0 Å². The van der Waals surface area contributed by atoms with E-state index in [-0.39, 0.29) is 11.8 Å². The number of carbonyl (C=O) groups excluding carboxylic acids is 3. The standard InChI is InChI=1S/C20H20N2O4/c1-3-4-8-19(24)21-16-9-11-17(12-10-16)22-20(25)15-6-5-7-18(13-15)26-14(2)23/h4-13H,3H2,1-2H3,(H,21,24)(H,22,25)/b8-4+. The van der Waals surface area contributed by atoms with Crippen molar-refractivity contribution >= 4 is 29.2 Å². The van der Waals surface area contributed by atoms with Crippen LogP contribution in [0.3, 0.4) is 0 Å². The number of allylic oxidation sites excluding steroid dienone is 1. The highest BCUT2D eigenvalue weighted by atomic mass is 16.5. The second kappa shape index (κ2) is 9.17. The minimum absolute atomic E-state index is 0.203. The highest BCUT2D eigenvalue weighted by Gasteiger charge is 2.08. The maximum atomic E-state index is 12.3. The maximum Gasteiger partial charge on any atom is 0.308 e. The summed E-state index contributed by atoms with van der Waals surface area (Å²) in [4.78, 5) is 34.9. The van der Waals surface area contributed by atoms with Crippen molar-refractivity contribution in [3.8, 4) is 5.75 Å². The zero-order valence-corrected chi connectivity index (χ0v) is 14.6. The quantitative estimate of drug-likeness (QED) is 0.471. The Hall–Kier alpha value is -3.41. The summed E-state index contributed by atoms with van der Waals surface area (Å²) < 4.78 is 4.97. The van der Waals surface area contributed by atoms with E-state index in [1.807, 2.05) is 6.92 Å². The Labute approximate surface area is 151 Å². The van der Waals surface area contributed by atoms with Gasteiger partial charge in [-0.1, -0.05) is 19.1 Å². The van der Waals surface area contributed by atoms with Crippen LogP contribution in [0.1, 0.15) is 30.6 Å². The third-order valence-electron chi connectivity index (χ3n) is 3.27. The molecule has 0 saturated carbocycles. The summed E-state index contributed by atoms with van der Waals surface area (Å²) in [6.45, 7) is 3.24. The van der Waals surface area contributed by atoms with Gasteiger partial charge in [0.05, 0.1) is 0 Å². The number of ether oxygens (including phenoxy) is 1. The summed E-state index contributed by atoms with van der Waals surface area (Å²) in [5, 5.41) is 5.48. The number of nitrogens with one attached hydrogen (secondary N) is 2. The summed E-state index contributed by atoms with van der Waals surface area (Å²) in [6, 6.07) is 13.1. The first-order valence-corrected chi connectivity index (χ1v) is 8.15. The molecular formula is C20H20N2O4. The van der Waals surface area contributed by atoms with Gasteiger partial charge in [0, 0.05) is 23.9 Å². The number of amides is 2. The van der Waals surface area contributed by atoms with Crippen molar-refractivity contribution in [1.29, 1.82) is 0 Å². The molecule has 2 N–H and O–H groups in total. The summed E-state index contributed by atoms with van der Waals surface area (Å²) >= 11 is 0. The third kappa shape index (κ3) is 5.90. The van der Waals surface area contributed by atoms with Gasteiger partial charge >= 0.3 is 5.97 Å².